The van der Waals surface area contributed by atoms with Crippen molar-refractivity contribution >= 4 is 39.8 Å². The Morgan fingerprint density at radius 3 is 2.43 bits per heavy atom. The molecule has 0 fully saturated rings. The molecule has 0 spiro atoms. The molecule has 5 N–H and O–H groups in total. The first-order valence-electron chi connectivity index (χ1n) is 11.3. The standard InChI is InChI=1S/C26H30ClN3O4S/c1-3-12-30(16(2)19-5-4-6-20(27)14-19)26(34)23(32)22(31)25(33)29-15-17-7-9-18(10-8-17)21-11-13-35-24(21)28/h4-11,13-14,16,22-23,31-32H,3,12,15,28H2,1-2H3,(H,29,33)/t16-,22-,23?/m1/s1. The summed E-state index contributed by atoms with van der Waals surface area (Å²) in [6, 6.07) is 16.1. The Morgan fingerprint density at radius 2 is 1.83 bits per heavy atom. The topological polar surface area (TPSA) is 116 Å². The fourth-order valence-electron chi connectivity index (χ4n) is 3.79. The number of hydrogen-bond acceptors (Lipinski definition) is 6. The minimum Gasteiger partial charge on any atom is -0.390 e. The van der Waals surface area contributed by atoms with Gasteiger partial charge in [0.25, 0.3) is 11.8 Å². The van der Waals surface area contributed by atoms with E-state index in [-0.39, 0.29) is 6.54 Å². The van der Waals surface area contributed by atoms with Gasteiger partial charge in [0, 0.05) is 23.7 Å². The van der Waals surface area contributed by atoms with Crippen LogP contribution in [0.2, 0.25) is 5.02 Å². The molecule has 1 unspecified atom stereocenters. The van der Waals surface area contributed by atoms with E-state index in [0.717, 1.165) is 27.3 Å². The number of aliphatic hydroxyl groups excluding tert-OH is 2. The van der Waals surface area contributed by atoms with Crippen molar-refractivity contribution in [3.63, 3.8) is 0 Å². The number of anilines is 1. The van der Waals surface area contributed by atoms with Crippen LogP contribution >= 0.6 is 22.9 Å². The highest BCUT2D eigenvalue weighted by Crippen LogP contribution is 2.30. The van der Waals surface area contributed by atoms with Crippen LogP contribution in [0.15, 0.2) is 60.0 Å². The molecule has 0 aliphatic carbocycles. The molecule has 186 valence electrons. The number of amides is 2. The maximum Gasteiger partial charge on any atom is 0.255 e. The lowest BCUT2D eigenvalue weighted by atomic mass is 10.0. The summed E-state index contributed by atoms with van der Waals surface area (Å²) in [6.45, 7) is 4.19. The largest absolute Gasteiger partial charge is 0.390 e. The van der Waals surface area contributed by atoms with Gasteiger partial charge in [0.2, 0.25) is 0 Å². The van der Waals surface area contributed by atoms with Gasteiger partial charge in [0.1, 0.15) is 0 Å². The molecule has 2 aromatic carbocycles. The summed E-state index contributed by atoms with van der Waals surface area (Å²) in [7, 11) is 0. The third-order valence-corrected chi connectivity index (χ3v) is 6.77. The molecule has 9 heteroatoms. The van der Waals surface area contributed by atoms with Crippen LogP contribution in [0.3, 0.4) is 0 Å². The number of hydrogen-bond donors (Lipinski definition) is 4. The summed E-state index contributed by atoms with van der Waals surface area (Å²) in [5.41, 5.74) is 9.47. The quantitative estimate of drug-likeness (QED) is 0.326. The summed E-state index contributed by atoms with van der Waals surface area (Å²) in [5, 5.41) is 26.7. The van der Waals surface area contributed by atoms with E-state index in [1.807, 2.05) is 55.6 Å². The lowest BCUT2D eigenvalue weighted by molar-refractivity contribution is -0.154. The third-order valence-electron chi connectivity index (χ3n) is 5.79. The Balaban J connectivity index is 1.61. The van der Waals surface area contributed by atoms with E-state index in [1.165, 1.54) is 16.2 Å². The van der Waals surface area contributed by atoms with Gasteiger partial charge in [-0.25, -0.2) is 0 Å². The molecule has 0 aliphatic rings. The van der Waals surface area contributed by atoms with Crippen LogP contribution in [0.4, 0.5) is 5.00 Å². The second-order valence-corrected chi connectivity index (χ2v) is 9.65. The molecule has 0 radical (unpaired) electrons. The Kier molecular flexibility index (Phi) is 9.28. The number of nitrogens with zero attached hydrogens (tertiary/aromatic N) is 1. The predicted octanol–water partition coefficient (Wildman–Crippen LogP) is 3.99. The number of thiophene rings is 1. The Morgan fingerprint density at radius 1 is 1.11 bits per heavy atom. The number of rotatable bonds is 10. The molecule has 0 aliphatic heterocycles. The zero-order valence-corrected chi connectivity index (χ0v) is 21.2. The molecule has 0 bridgehead atoms. The monoisotopic (exact) mass is 515 g/mol. The van der Waals surface area contributed by atoms with E-state index in [0.29, 0.717) is 18.0 Å². The zero-order chi connectivity index (χ0) is 25.5. The van der Waals surface area contributed by atoms with Crippen molar-refractivity contribution in [2.24, 2.45) is 0 Å². The van der Waals surface area contributed by atoms with Crippen molar-refractivity contribution in [2.45, 2.75) is 45.1 Å². The van der Waals surface area contributed by atoms with Gasteiger partial charge in [-0.05, 0) is 53.6 Å². The average Bonchev–Trinajstić information content (AvgIpc) is 3.30. The van der Waals surface area contributed by atoms with Gasteiger partial charge in [-0.3, -0.25) is 9.59 Å². The number of carbonyl (C=O) groups is 2. The first kappa shape index (κ1) is 26.7. The molecular formula is C26H30ClN3O4S. The predicted molar refractivity (Wildman–Crippen MR) is 140 cm³/mol. The van der Waals surface area contributed by atoms with Gasteiger partial charge >= 0.3 is 0 Å². The second-order valence-electron chi connectivity index (χ2n) is 8.27. The van der Waals surface area contributed by atoms with Gasteiger partial charge in [-0.2, -0.15) is 0 Å². The molecule has 1 heterocycles. The number of nitrogens with two attached hydrogens (primary N) is 1. The van der Waals surface area contributed by atoms with Crippen molar-refractivity contribution < 1.29 is 19.8 Å². The lowest BCUT2D eigenvalue weighted by Crippen LogP contribution is -2.51. The normalized spacial score (nSPS) is 13.6. The van der Waals surface area contributed by atoms with E-state index < -0.39 is 30.1 Å². The number of nitrogen functional groups attached to an aromatic ring is 1. The molecular weight excluding hydrogens is 486 g/mol. The fraction of sp³-hybridized carbons (Fsp3) is 0.308. The molecule has 35 heavy (non-hydrogen) atoms. The maximum absolute atomic E-state index is 13.0. The van der Waals surface area contributed by atoms with E-state index in [1.54, 1.807) is 18.2 Å². The summed E-state index contributed by atoms with van der Waals surface area (Å²) in [5.74, 6) is -1.55. The van der Waals surface area contributed by atoms with E-state index in [4.69, 9.17) is 17.3 Å². The number of halogens is 1. The fourth-order valence-corrected chi connectivity index (χ4v) is 4.65. The molecule has 0 saturated carbocycles. The molecule has 3 atom stereocenters. The van der Waals surface area contributed by atoms with Crippen molar-refractivity contribution in [1.82, 2.24) is 10.2 Å². The summed E-state index contributed by atoms with van der Waals surface area (Å²) >= 11 is 7.54. The molecule has 1 aromatic heterocycles. The lowest BCUT2D eigenvalue weighted by Gasteiger charge is -2.32. The van der Waals surface area contributed by atoms with Gasteiger partial charge in [-0.1, -0.05) is 54.9 Å². The SMILES string of the molecule is CCCN(C(=O)C(O)[C@@H](O)C(=O)NCc1ccc(-c2ccsc2N)cc1)[C@H](C)c1cccc(Cl)c1. The first-order valence-corrected chi connectivity index (χ1v) is 12.6. The minimum atomic E-state index is -1.90. The Hall–Kier alpha value is -2.91. The number of carbonyl (C=O) groups excluding carboxylic acids is 2. The highest BCUT2D eigenvalue weighted by atomic mass is 35.5. The third kappa shape index (κ3) is 6.61. The van der Waals surface area contributed by atoms with Crippen molar-refractivity contribution in [1.29, 1.82) is 0 Å². The van der Waals surface area contributed by atoms with Gasteiger partial charge in [-0.15, -0.1) is 11.3 Å². The van der Waals surface area contributed by atoms with Gasteiger partial charge in [0.05, 0.1) is 11.0 Å². The first-order chi connectivity index (χ1) is 16.7. The molecule has 3 rings (SSSR count). The van der Waals surface area contributed by atoms with Crippen LogP contribution in [0.25, 0.3) is 11.1 Å². The highest BCUT2D eigenvalue weighted by Gasteiger charge is 2.35. The van der Waals surface area contributed by atoms with Crippen LogP contribution < -0.4 is 11.1 Å². The van der Waals surface area contributed by atoms with Crippen LogP contribution in [0.1, 0.15) is 37.4 Å². The maximum atomic E-state index is 13.0. The molecule has 2 amide bonds. The van der Waals surface area contributed by atoms with Crippen LogP contribution in [-0.2, 0) is 16.1 Å². The van der Waals surface area contributed by atoms with Gasteiger partial charge < -0.3 is 26.2 Å². The van der Waals surface area contributed by atoms with Crippen LogP contribution in [0.5, 0.6) is 0 Å². The smallest absolute Gasteiger partial charge is 0.255 e. The van der Waals surface area contributed by atoms with Crippen molar-refractivity contribution in [2.75, 3.05) is 12.3 Å². The highest BCUT2D eigenvalue weighted by molar-refractivity contribution is 7.14. The number of aliphatic hydroxyl groups is 2. The van der Waals surface area contributed by atoms with E-state index >= 15 is 0 Å². The van der Waals surface area contributed by atoms with Crippen LogP contribution in [0, 0.1) is 0 Å². The van der Waals surface area contributed by atoms with E-state index in [2.05, 4.69) is 5.32 Å². The Labute approximate surface area is 214 Å². The summed E-state index contributed by atoms with van der Waals surface area (Å²) in [4.78, 5) is 27.0. The summed E-state index contributed by atoms with van der Waals surface area (Å²) in [6.07, 6.45) is -3.16. The molecule has 7 nitrogen and oxygen atoms in total. The molecule has 0 saturated heterocycles. The van der Waals surface area contributed by atoms with E-state index in [9.17, 15) is 19.8 Å². The summed E-state index contributed by atoms with van der Waals surface area (Å²) < 4.78 is 0. The van der Waals surface area contributed by atoms with Gasteiger partial charge in [0.15, 0.2) is 12.2 Å². The molecule has 3 aromatic rings. The number of nitrogens with one attached hydrogen (secondary N) is 1. The minimum absolute atomic E-state index is 0.133. The Bertz CT molecular complexity index is 1150. The van der Waals surface area contributed by atoms with Crippen LogP contribution in [-0.4, -0.2) is 45.7 Å². The average molecular weight is 516 g/mol. The second kappa shape index (κ2) is 12.2. The van der Waals surface area contributed by atoms with Crippen molar-refractivity contribution in [3.05, 3.63) is 76.1 Å². The number of benzene rings is 2. The zero-order valence-electron chi connectivity index (χ0n) is 19.6. The van der Waals surface area contributed by atoms with Crippen molar-refractivity contribution in [3.8, 4) is 11.1 Å².